The summed E-state index contributed by atoms with van der Waals surface area (Å²) in [5.74, 6) is 0.860. The number of aliphatic imine (C=N–C) groups is 1. The molecule has 0 radical (unpaired) electrons. The van der Waals surface area contributed by atoms with Crippen molar-refractivity contribution < 1.29 is 0 Å². The van der Waals surface area contributed by atoms with E-state index in [0.29, 0.717) is 0 Å². The van der Waals surface area contributed by atoms with E-state index in [1.54, 1.807) is 18.0 Å². The number of benzene rings is 2. The first-order chi connectivity index (χ1) is 9.88. The van der Waals surface area contributed by atoms with E-state index in [9.17, 15) is 0 Å². The van der Waals surface area contributed by atoms with Crippen LogP contribution in [-0.2, 0) is 5.75 Å². The van der Waals surface area contributed by atoms with Crippen LogP contribution in [0.5, 0.6) is 0 Å². The first kappa shape index (κ1) is 14.3. The number of thioether (sulfide) groups is 1. The van der Waals surface area contributed by atoms with Gasteiger partial charge in [-0.2, -0.15) is 5.10 Å². The summed E-state index contributed by atoms with van der Waals surface area (Å²) in [6, 6.07) is 20.2. The van der Waals surface area contributed by atoms with Gasteiger partial charge in [0.15, 0.2) is 5.17 Å². The van der Waals surface area contributed by atoms with E-state index in [1.165, 1.54) is 5.56 Å². The molecule has 2 aromatic carbocycles. The van der Waals surface area contributed by atoms with Crippen molar-refractivity contribution >= 4 is 28.8 Å². The van der Waals surface area contributed by atoms with Crippen LogP contribution in [0.25, 0.3) is 0 Å². The molecule has 0 aliphatic rings. The lowest BCUT2D eigenvalue weighted by Gasteiger charge is -2.05. The van der Waals surface area contributed by atoms with Gasteiger partial charge in [-0.25, -0.2) is 4.99 Å². The maximum atomic E-state index is 4.57. The third kappa shape index (κ3) is 4.90. The highest BCUT2D eigenvalue weighted by Gasteiger charge is 2.01. The Kier molecular flexibility index (Phi) is 5.86. The standard InChI is InChI=1S/C16H17N3S/c1-2-17-19-16(18-15-11-7-4-8-12-15)20-13-14-9-5-3-6-10-14/h2-12H,13H2,1H3,(H,18,19)/b17-2+. The van der Waals surface area contributed by atoms with Gasteiger partial charge in [-0.15, -0.1) is 0 Å². The topological polar surface area (TPSA) is 36.8 Å². The maximum Gasteiger partial charge on any atom is 0.182 e. The van der Waals surface area contributed by atoms with E-state index in [0.717, 1.165) is 16.6 Å². The van der Waals surface area contributed by atoms with Crippen molar-refractivity contribution in [3.8, 4) is 0 Å². The fourth-order valence-corrected chi connectivity index (χ4v) is 2.34. The van der Waals surface area contributed by atoms with Gasteiger partial charge >= 0.3 is 0 Å². The molecule has 0 amide bonds. The molecule has 4 heteroatoms. The second kappa shape index (κ2) is 8.17. The highest BCUT2D eigenvalue weighted by Crippen LogP contribution is 2.17. The number of nitrogens with one attached hydrogen (secondary N) is 1. The zero-order valence-corrected chi connectivity index (χ0v) is 12.2. The summed E-state index contributed by atoms with van der Waals surface area (Å²) >= 11 is 1.63. The third-order valence-electron chi connectivity index (χ3n) is 2.49. The number of para-hydroxylation sites is 1. The van der Waals surface area contributed by atoms with E-state index in [4.69, 9.17) is 0 Å². The molecule has 2 rings (SSSR count). The van der Waals surface area contributed by atoms with Crippen molar-refractivity contribution in [3.63, 3.8) is 0 Å². The highest BCUT2D eigenvalue weighted by atomic mass is 32.2. The fourth-order valence-electron chi connectivity index (χ4n) is 1.56. The minimum atomic E-state index is 0.790. The molecule has 0 aliphatic heterocycles. The highest BCUT2D eigenvalue weighted by molar-refractivity contribution is 8.13. The summed E-state index contributed by atoms with van der Waals surface area (Å²) in [4.78, 5) is 4.57. The smallest absolute Gasteiger partial charge is 0.182 e. The molecule has 0 aliphatic carbocycles. The third-order valence-corrected chi connectivity index (χ3v) is 3.43. The molecule has 1 N–H and O–H groups in total. The summed E-state index contributed by atoms with van der Waals surface area (Å²) in [5, 5.41) is 4.84. The van der Waals surface area contributed by atoms with Crippen molar-refractivity contribution in [2.75, 3.05) is 0 Å². The summed E-state index contributed by atoms with van der Waals surface area (Å²) in [6.45, 7) is 1.87. The van der Waals surface area contributed by atoms with Crippen molar-refractivity contribution in [1.29, 1.82) is 0 Å². The van der Waals surface area contributed by atoms with Crippen LogP contribution in [0.2, 0.25) is 0 Å². The lowest BCUT2D eigenvalue weighted by atomic mass is 10.2. The molecule has 2 aromatic rings. The average molecular weight is 283 g/mol. The predicted octanol–water partition coefficient (Wildman–Crippen LogP) is 4.20. The van der Waals surface area contributed by atoms with Crippen LogP contribution in [0.4, 0.5) is 5.69 Å². The Morgan fingerprint density at radius 2 is 1.70 bits per heavy atom. The first-order valence-electron chi connectivity index (χ1n) is 6.42. The van der Waals surface area contributed by atoms with Gasteiger partial charge in [0.2, 0.25) is 0 Å². The van der Waals surface area contributed by atoms with Crippen LogP contribution in [0.1, 0.15) is 12.5 Å². The van der Waals surface area contributed by atoms with Crippen molar-refractivity contribution in [1.82, 2.24) is 5.43 Å². The number of nitrogens with zero attached hydrogens (tertiary/aromatic N) is 2. The Labute approximate surface area is 123 Å². The molecule has 0 spiro atoms. The Morgan fingerprint density at radius 3 is 2.35 bits per heavy atom. The maximum absolute atomic E-state index is 4.57. The molecule has 0 heterocycles. The van der Waals surface area contributed by atoms with Crippen molar-refractivity contribution in [3.05, 3.63) is 66.2 Å². The van der Waals surface area contributed by atoms with Gasteiger partial charge in [-0.05, 0) is 24.6 Å². The molecule has 0 saturated heterocycles. The van der Waals surface area contributed by atoms with Crippen molar-refractivity contribution in [2.24, 2.45) is 10.1 Å². The second-order valence-corrected chi connectivity index (χ2v) is 4.99. The summed E-state index contributed by atoms with van der Waals surface area (Å²) in [5.41, 5.74) is 5.15. The monoisotopic (exact) mass is 283 g/mol. The summed E-state index contributed by atoms with van der Waals surface area (Å²) < 4.78 is 0. The quantitative estimate of drug-likeness (QED) is 0.518. The molecule has 0 bridgehead atoms. The van der Waals surface area contributed by atoms with Gasteiger partial charge in [-0.1, -0.05) is 60.3 Å². The van der Waals surface area contributed by atoms with Gasteiger partial charge in [0.25, 0.3) is 0 Å². The number of rotatable bonds is 4. The largest absolute Gasteiger partial charge is 0.256 e. The Balaban J connectivity index is 2.06. The summed E-state index contributed by atoms with van der Waals surface area (Å²) in [6.07, 6.45) is 1.71. The summed E-state index contributed by atoms with van der Waals surface area (Å²) in [7, 11) is 0. The lowest BCUT2D eigenvalue weighted by Crippen LogP contribution is -2.13. The van der Waals surface area contributed by atoms with Gasteiger partial charge < -0.3 is 0 Å². The number of hydrogen-bond acceptors (Lipinski definition) is 3. The number of hydrogen-bond donors (Lipinski definition) is 1. The normalized spacial score (nSPS) is 11.8. The van der Waals surface area contributed by atoms with Crippen LogP contribution < -0.4 is 5.43 Å². The van der Waals surface area contributed by atoms with E-state index < -0.39 is 0 Å². The molecule has 0 atom stereocenters. The molecule has 3 nitrogen and oxygen atoms in total. The molecular formula is C16H17N3S. The van der Waals surface area contributed by atoms with Crippen LogP contribution in [0.3, 0.4) is 0 Å². The van der Waals surface area contributed by atoms with E-state index in [-0.39, 0.29) is 0 Å². The van der Waals surface area contributed by atoms with E-state index in [1.807, 2.05) is 55.5 Å². The average Bonchev–Trinajstić information content (AvgIpc) is 2.52. The van der Waals surface area contributed by atoms with Gasteiger partial charge in [0.05, 0.1) is 5.69 Å². The van der Waals surface area contributed by atoms with E-state index >= 15 is 0 Å². The Hall–Kier alpha value is -2.07. The van der Waals surface area contributed by atoms with Crippen LogP contribution in [0.15, 0.2) is 70.8 Å². The van der Waals surface area contributed by atoms with Crippen LogP contribution in [0, 0.1) is 0 Å². The molecule has 20 heavy (non-hydrogen) atoms. The minimum Gasteiger partial charge on any atom is -0.256 e. The van der Waals surface area contributed by atoms with Crippen LogP contribution >= 0.6 is 11.8 Å². The molecule has 0 unspecified atom stereocenters. The number of amidine groups is 1. The lowest BCUT2D eigenvalue weighted by molar-refractivity contribution is 1.05. The predicted molar refractivity (Wildman–Crippen MR) is 88.6 cm³/mol. The number of hydrazone groups is 1. The van der Waals surface area contributed by atoms with Gasteiger partial charge in [-0.3, -0.25) is 5.43 Å². The van der Waals surface area contributed by atoms with E-state index in [2.05, 4.69) is 27.7 Å². The zero-order chi connectivity index (χ0) is 14.0. The van der Waals surface area contributed by atoms with Crippen LogP contribution in [-0.4, -0.2) is 11.4 Å². The first-order valence-corrected chi connectivity index (χ1v) is 7.41. The molecule has 102 valence electrons. The molecular weight excluding hydrogens is 266 g/mol. The Bertz CT molecular complexity index is 565. The zero-order valence-electron chi connectivity index (χ0n) is 11.4. The van der Waals surface area contributed by atoms with Crippen molar-refractivity contribution in [2.45, 2.75) is 12.7 Å². The van der Waals surface area contributed by atoms with Gasteiger partial charge in [0, 0.05) is 12.0 Å². The second-order valence-electron chi connectivity index (χ2n) is 4.03. The molecule has 0 aromatic heterocycles. The fraction of sp³-hybridized carbons (Fsp3) is 0.125. The Morgan fingerprint density at radius 1 is 1.05 bits per heavy atom. The molecule has 0 saturated carbocycles. The SMILES string of the molecule is C/C=N/NC(=Nc1ccccc1)SCc1ccccc1. The minimum absolute atomic E-state index is 0.790. The molecule has 0 fully saturated rings. The van der Waals surface area contributed by atoms with Gasteiger partial charge in [0.1, 0.15) is 0 Å².